The molecule has 1 aromatic carbocycles. The number of carbonyl (C=O) groups is 1. The molecule has 2 aromatic rings. The number of benzene rings is 1. The van der Waals surface area contributed by atoms with E-state index in [1.165, 1.54) is 29.1 Å². The van der Waals surface area contributed by atoms with Gasteiger partial charge in [0.2, 0.25) is 15.9 Å². The molecule has 1 unspecified atom stereocenters. The molecule has 1 aliphatic heterocycles. The summed E-state index contributed by atoms with van der Waals surface area (Å²) in [6.45, 7) is 0.559. The van der Waals surface area contributed by atoms with E-state index in [2.05, 4.69) is 9.82 Å². The van der Waals surface area contributed by atoms with E-state index in [1.54, 1.807) is 24.3 Å². The van der Waals surface area contributed by atoms with Gasteiger partial charge >= 0.3 is 0 Å². The molecule has 1 fully saturated rings. The average molecular weight is 394 g/mol. The van der Waals surface area contributed by atoms with E-state index in [1.807, 2.05) is 0 Å². The number of methoxy groups -OCH3 is 1. The van der Waals surface area contributed by atoms with E-state index >= 15 is 0 Å². The summed E-state index contributed by atoms with van der Waals surface area (Å²) in [5.41, 5.74) is 0.601. The monoisotopic (exact) mass is 394 g/mol. The Balaban J connectivity index is 1.80. The number of β-amino-alcohol motifs (C(OH)–C–C–N with tert-alkyl or cyclic N) is 1. The zero-order chi connectivity index (χ0) is 19.4. The number of aromatic nitrogens is 2. The highest BCUT2D eigenvalue weighted by atomic mass is 32.2. The standard InChI is InChI=1S/C17H22N4O5S/c1-26-16-7-3-2-6-15(16)21-12-13(11-18-21)27(24,25)19-14-5-4-8-20(9-10-22)17(14)23/h2-3,6-7,11-12,14,19,22H,4-5,8-10H2,1H3. The lowest BCUT2D eigenvalue weighted by Gasteiger charge is -2.31. The van der Waals surface area contributed by atoms with E-state index in [0.29, 0.717) is 30.8 Å². The number of hydrogen-bond donors (Lipinski definition) is 2. The predicted octanol–water partition coefficient (Wildman–Crippen LogP) is 0.143. The Morgan fingerprint density at radius 2 is 2.15 bits per heavy atom. The first kappa shape index (κ1) is 19.3. The van der Waals surface area contributed by atoms with Crippen molar-refractivity contribution in [3.05, 3.63) is 36.7 Å². The molecule has 1 aromatic heterocycles. The number of carbonyl (C=O) groups excluding carboxylic acids is 1. The van der Waals surface area contributed by atoms with Crippen molar-refractivity contribution in [1.29, 1.82) is 0 Å². The summed E-state index contributed by atoms with van der Waals surface area (Å²) in [5, 5.41) is 13.1. The second-order valence-corrected chi connectivity index (χ2v) is 7.87. The molecule has 0 aliphatic carbocycles. The smallest absolute Gasteiger partial charge is 0.244 e. The number of sulfonamides is 1. The normalized spacial score (nSPS) is 17.9. The Morgan fingerprint density at radius 3 is 2.89 bits per heavy atom. The zero-order valence-corrected chi connectivity index (χ0v) is 15.7. The van der Waals surface area contributed by atoms with Crippen molar-refractivity contribution in [3.8, 4) is 11.4 Å². The molecule has 1 aliphatic rings. The zero-order valence-electron chi connectivity index (χ0n) is 14.9. The lowest BCUT2D eigenvalue weighted by Crippen LogP contribution is -2.52. The van der Waals surface area contributed by atoms with Crippen molar-refractivity contribution in [1.82, 2.24) is 19.4 Å². The molecule has 2 heterocycles. The molecule has 0 spiro atoms. The van der Waals surface area contributed by atoms with Crippen LogP contribution in [0.2, 0.25) is 0 Å². The van der Waals surface area contributed by atoms with Crippen molar-refractivity contribution in [3.63, 3.8) is 0 Å². The number of nitrogens with one attached hydrogen (secondary N) is 1. The average Bonchev–Trinajstić information content (AvgIpc) is 3.16. The van der Waals surface area contributed by atoms with Crippen LogP contribution in [-0.2, 0) is 14.8 Å². The summed E-state index contributed by atoms with van der Waals surface area (Å²) in [7, 11) is -2.40. The van der Waals surface area contributed by atoms with Crippen LogP contribution in [0, 0.1) is 0 Å². The van der Waals surface area contributed by atoms with Gasteiger partial charge in [0.05, 0.1) is 26.1 Å². The van der Waals surface area contributed by atoms with E-state index in [0.717, 1.165) is 0 Å². The van der Waals surface area contributed by atoms with E-state index < -0.39 is 16.1 Å². The summed E-state index contributed by atoms with van der Waals surface area (Å²) >= 11 is 0. The maximum Gasteiger partial charge on any atom is 0.244 e. The van der Waals surface area contributed by atoms with Crippen LogP contribution in [0.5, 0.6) is 5.75 Å². The van der Waals surface area contributed by atoms with Crippen LogP contribution in [0.3, 0.4) is 0 Å². The van der Waals surface area contributed by atoms with Crippen LogP contribution >= 0.6 is 0 Å². The Labute approximate surface area is 157 Å². The lowest BCUT2D eigenvalue weighted by molar-refractivity contribution is -0.135. The number of aliphatic hydroxyl groups is 1. The van der Waals surface area contributed by atoms with Gasteiger partial charge in [-0.1, -0.05) is 12.1 Å². The van der Waals surface area contributed by atoms with Crippen molar-refractivity contribution < 1.29 is 23.1 Å². The Kier molecular flexibility index (Phi) is 5.78. The van der Waals surface area contributed by atoms with Crippen LogP contribution in [0.25, 0.3) is 5.69 Å². The molecule has 0 saturated carbocycles. The fourth-order valence-corrected chi connectivity index (χ4v) is 4.20. The summed E-state index contributed by atoms with van der Waals surface area (Å²) < 4.78 is 34.5. The van der Waals surface area contributed by atoms with Gasteiger partial charge in [0.1, 0.15) is 22.4 Å². The highest BCUT2D eigenvalue weighted by Gasteiger charge is 2.32. The molecule has 1 amide bonds. The molecule has 2 N–H and O–H groups in total. The largest absolute Gasteiger partial charge is 0.494 e. The number of rotatable bonds is 7. The summed E-state index contributed by atoms with van der Waals surface area (Å²) in [6, 6.07) is 6.26. The van der Waals surface area contributed by atoms with E-state index in [-0.39, 0.29) is 24.0 Å². The van der Waals surface area contributed by atoms with Gasteiger partial charge in [-0.25, -0.2) is 13.1 Å². The minimum atomic E-state index is -3.92. The van der Waals surface area contributed by atoms with Crippen molar-refractivity contribution in [2.45, 2.75) is 23.8 Å². The Morgan fingerprint density at radius 1 is 1.37 bits per heavy atom. The van der Waals surface area contributed by atoms with Crippen molar-refractivity contribution >= 4 is 15.9 Å². The molecular formula is C17H22N4O5S. The third-order valence-electron chi connectivity index (χ3n) is 4.40. The second kappa shape index (κ2) is 8.07. The number of piperidine rings is 1. The van der Waals surface area contributed by atoms with Gasteiger partial charge in [0.25, 0.3) is 0 Å². The van der Waals surface area contributed by atoms with Gasteiger partial charge in [-0.05, 0) is 25.0 Å². The van der Waals surface area contributed by atoms with Gasteiger partial charge in [0, 0.05) is 13.1 Å². The maximum atomic E-state index is 12.7. The molecule has 0 radical (unpaired) electrons. The first-order valence-electron chi connectivity index (χ1n) is 8.56. The number of amides is 1. The number of hydrogen-bond acceptors (Lipinski definition) is 6. The van der Waals surface area contributed by atoms with Gasteiger partial charge in [-0.15, -0.1) is 0 Å². The molecule has 146 valence electrons. The molecule has 1 atom stereocenters. The minimum Gasteiger partial charge on any atom is -0.494 e. The fraction of sp³-hybridized carbons (Fsp3) is 0.412. The van der Waals surface area contributed by atoms with Crippen molar-refractivity contribution in [2.75, 3.05) is 26.8 Å². The van der Waals surface area contributed by atoms with E-state index in [4.69, 9.17) is 9.84 Å². The van der Waals surface area contributed by atoms with Crippen LogP contribution in [0.15, 0.2) is 41.6 Å². The van der Waals surface area contributed by atoms with Crippen LogP contribution in [-0.4, -0.2) is 67.0 Å². The number of nitrogens with zero attached hydrogens (tertiary/aromatic N) is 3. The number of para-hydroxylation sites is 2. The van der Waals surface area contributed by atoms with Crippen molar-refractivity contribution in [2.24, 2.45) is 0 Å². The molecule has 9 nitrogen and oxygen atoms in total. The molecule has 27 heavy (non-hydrogen) atoms. The third kappa shape index (κ3) is 4.12. The van der Waals surface area contributed by atoms with Crippen LogP contribution < -0.4 is 9.46 Å². The highest BCUT2D eigenvalue weighted by molar-refractivity contribution is 7.89. The van der Waals surface area contributed by atoms with Gasteiger partial charge < -0.3 is 14.7 Å². The molecule has 3 rings (SSSR count). The highest BCUT2D eigenvalue weighted by Crippen LogP contribution is 2.23. The van der Waals surface area contributed by atoms with Gasteiger partial charge in [0.15, 0.2) is 0 Å². The molecule has 1 saturated heterocycles. The van der Waals surface area contributed by atoms with Gasteiger partial charge in [-0.2, -0.15) is 9.82 Å². The quantitative estimate of drug-likeness (QED) is 0.691. The van der Waals surface area contributed by atoms with Crippen LogP contribution in [0.4, 0.5) is 0 Å². The number of aliphatic hydroxyl groups excluding tert-OH is 1. The molecule has 0 bridgehead atoms. The topological polar surface area (TPSA) is 114 Å². The first-order chi connectivity index (χ1) is 13.0. The number of likely N-dealkylation sites (tertiary alicyclic amines) is 1. The van der Waals surface area contributed by atoms with Gasteiger partial charge in [-0.3, -0.25) is 4.79 Å². The molecular weight excluding hydrogens is 372 g/mol. The third-order valence-corrected chi connectivity index (χ3v) is 5.83. The fourth-order valence-electron chi connectivity index (χ4n) is 3.04. The Hall–Kier alpha value is -2.43. The van der Waals surface area contributed by atoms with Crippen LogP contribution in [0.1, 0.15) is 12.8 Å². The summed E-state index contributed by atoms with van der Waals surface area (Å²) in [5.74, 6) is 0.232. The summed E-state index contributed by atoms with van der Waals surface area (Å²) in [4.78, 5) is 13.8. The summed E-state index contributed by atoms with van der Waals surface area (Å²) in [6.07, 6.45) is 3.69. The number of ether oxygens (including phenoxy) is 1. The lowest BCUT2D eigenvalue weighted by atomic mass is 10.1. The minimum absolute atomic E-state index is 0.0412. The molecule has 10 heteroatoms. The second-order valence-electron chi connectivity index (χ2n) is 6.16. The SMILES string of the molecule is COc1ccccc1-n1cc(S(=O)(=O)NC2CCCN(CCO)C2=O)cn1. The van der Waals surface area contributed by atoms with E-state index in [9.17, 15) is 13.2 Å². The Bertz CT molecular complexity index is 910. The first-order valence-corrected chi connectivity index (χ1v) is 10.0. The maximum absolute atomic E-state index is 12.7. The predicted molar refractivity (Wildman–Crippen MR) is 97.1 cm³/mol.